The first kappa shape index (κ1) is 14.3. The fraction of sp³-hybridized carbons (Fsp3) is 0.538. The Balaban J connectivity index is 2.34. The Bertz CT molecular complexity index is 395. The molecule has 1 N–H and O–H groups in total. The van der Waals surface area contributed by atoms with E-state index < -0.39 is 10.8 Å². The van der Waals surface area contributed by atoms with Crippen LogP contribution < -0.4 is 5.32 Å². The summed E-state index contributed by atoms with van der Waals surface area (Å²) in [5.74, 6) is -0.193. The summed E-state index contributed by atoms with van der Waals surface area (Å²) in [6.45, 7) is 5.46. The predicted molar refractivity (Wildman–Crippen MR) is 71.0 cm³/mol. The van der Waals surface area contributed by atoms with E-state index in [1.807, 2.05) is 13.8 Å². The van der Waals surface area contributed by atoms with Gasteiger partial charge in [0, 0.05) is 28.9 Å². The van der Waals surface area contributed by atoms with Crippen LogP contribution in [0.3, 0.4) is 0 Å². The average Bonchev–Trinajstić information content (AvgIpc) is 2.26. The van der Waals surface area contributed by atoms with Crippen molar-refractivity contribution in [2.45, 2.75) is 32.1 Å². The van der Waals surface area contributed by atoms with Crippen molar-refractivity contribution in [3.63, 3.8) is 0 Å². The Labute approximate surface area is 105 Å². The summed E-state index contributed by atoms with van der Waals surface area (Å²) in [6.07, 6.45) is 2.62. The third kappa shape index (κ3) is 4.96. The van der Waals surface area contributed by atoms with Gasteiger partial charge in [-0.2, -0.15) is 0 Å². The summed E-state index contributed by atoms with van der Waals surface area (Å²) < 4.78 is 24.0. The number of hydrogen-bond donors (Lipinski definition) is 1. The lowest BCUT2D eigenvalue weighted by Crippen LogP contribution is -2.21. The van der Waals surface area contributed by atoms with Crippen LogP contribution in [0.5, 0.6) is 0 Å². The van der Waals surface area contributed by atoms with Crippen molar-refractivity contribution < 1.29 is 8.60 Å². The second-order valence-electron chi connectivity index (χ2n) is 4.35. The molecule has 0 aliphatic heterocycles. The van der Waals surface area contributed by atoms with Gasteiger partial charge in [0.05, 0.1) is 0 Å². The number of benzene rings is 1. The smallest absolute Gasteiger partial charge is 0.123 e. The van der Waals surface area contributed by atoms with Crippen LogP contribution in [0, 0.1) is 12.7 Å². The van der Waals surface area contributed by atoms with Gasteiger partial charge in [0.25, 0.3) is 0 Å². The van der Waals surface area contributed by atoms with E-state index in [9.17, 15) is 8.60 Å². The standard InChI is InChI=1S/C13H20FNOS/c1-10-8-13(14)5-4-12(10)9-15-7-6-11(2)17(3)16/h4-5,8,11,15H,6-7,9H2,1-3H3. The van der Waals surface area contributed by atoms with Crippen molar-refractivity contribution in [1.82, 2.24) is 5.32 Å². The third-order valence-electron chi connectivity index (χ3n) is 2.91. The zero-order chi connectivity index (χ0) is 12.8. The first-order valence-electron chi connectivity index (χ1n) is 5.78. The molecule has 0 bridgehead atoms. The second-order valence-corrected chi connectivity index (χ2v) is 6.15. The molecule has 4 heteroatoms. The predicted octanol–water partition coefficient (Wildman–Crippen LogP) is 2.38. The van der Waals surface area contributed by atoms with Gasteiger partial charge >= 0.3 is 0 Å². The lowest BCUT2D eigenvalue weighted by Gasteiger charge is -2.10. The maximum absolute atomic E-state index is 12.9. The molecule has 0 aromatic heterocycles. The van der Waals surface area contributed by atoms with Gasteiger partial charge in [-0.1, -0.05) is 13.0 Å². The first-order valence-corrected chi connectivity index (χ1v) is 7.41. The zero-order valence-corrected chi connectivity index (χ0v) is 11.4. The van der Waals surface area contributed by atoms with E-state index in [4.69, 9.17) is 0 Å². The van der Waals surface area contributed by atoms with E-state index in [0.29, 0.717) is 0 Å². The Morgan fingerprint density at radius 2 is 2.18 bits per heavy atom. The van der Waals surface area contributed by atoms with Crippen molar-refractivity contribution in [2.75, 3.05) is 12.8 Å². The van der Waals surface area contributed by atoms with Crippen LogP contribution in [-0.4, -0.2) is 22.3 Å². The molecule has 0 aliphatic carbocycles. The Morgan fingerprint density at radius 1 is 1.47 bits per heavy atom. The molecule has 0 saturated carbocycles. The van der Waals surface area contributed by atoms with Crippen LogP contribution in [0.4, 0.5) is 4.39 Å². The van der Waals surface area contributed by atoms with Gasteiger partial charge in [-0.15, -0.1) is 0 Å². The molecule has 1 aromatic carbocycles. The minimum atomic E-state index is -0.755. The lowest BCUT2D eigenvalue weighted by atomic mass is 10.1. The number of aryl methyl sites for hydroxylation is 1. The number of hydrogen-bond acceptors (Lipinski definition) is 2. The lowest BCUT2D eigenvalue weighted by molar-refractivity contribution is 0.616. The molecule has 0 amide bonds. The van der Waals surface area contributed by atoms with E-state index in [0.717, 1.165) is 30.6 Å². The number of rotatable bonds is 6. The molecule has 0 spiro atoms. The van der Waals surface area contributed by atoms with Gasteiger partial charge in [-0.3, -0.25) is 4.21 Å². The highest BCUT2D eigenvalue weighted by Gasteiger charge is 2.05. The fourth-order valence-corrected chi connectivity index (χ4v) is 2.00. The quantitative estimate of drug-likeness (QED) is 0.793. The minimum absolute atomic E-state index is 0.193. The molecule has 0 fully saturated rings. The van der Waals surface area contributed by atoms with Crippen LogP contribution in [0.25, 0.3) is 0 Å². The molecular weight excluding hydrogens is 237 g/mol. The molecule has 0 radical (unpaired) electrons. The first-order chi connectivity index (χ1) is 8.00. The van der Waals surface area contributed by atoms with E-state index in [-0.39, 0.29) is 11.1 Å². The van der Waals surface area contributed by atoms with Crippen molar-refractivity contribution >= 4 is 10.8 Å². The van der Waals surface area contributed by atoms with Crippen LogP contribution in [0.1, 0.15) is 24.5 Å². The summed E-state index contributed by atoms with van der Waals surface area (Å²) in [4.78, 5) is 0. The molecule has 2 atom stereocenters. The van der Waals surface area contributed by atoms with E-state index in [2.05, 4.69) is 5.32 Å². The summed E-state index contributed by atoms with van der Waals surface area (Å²) in [5, 5.41) is 3.51. The van der Waals surface area contributed by atoms with E-state index in [1.165, 1.54) is 6.07 Å². The van der Waals surface area contributed by atoms with Gasteiger partial charge in [0.15, 0.2) is 0 Å². The molecule has 0 saturated heterocycles. The molecule has 1 rings (SSSR count). The van der Waals surface area contributed by atoms with E-state index in [1.54, 1.807) is 18.4 Å². The number of halogens is 1. The van der Waals surface area contributed by atoms with Gasteiger partial charge in [0.2, 0.25) is 0 Å². The van der Waals surface area contributed by atoms with Crippen molar-refractivity contribution in [3.05, 3.63) is 35.1 Å². The van der Waals surface area contributed by atoms with Crippen molar-refractivity contribution in [1.29, 1.82) is 0 Å². The topological polar surface area (TPSA) is 29.1 Å². The zero-order valence-electron chi connectivity index (χ0n) is 10.6. The molecule has 0 heterocycles. The SMILES string of the molecule is Cc1cc(F)ccc1CNCCC(C)S(C)=O. The molecule has 17 heavy (non-hydrogen) atoms. The summed E-state index contributed by atoms with van der Waals surface area (Å²) in [6, 6.07) is 4.83. The highest BCUT2D eigenvalue weighted by molar-refractivity contribution is 7.84. The van der Waals surface area contributed by atoms with Crippen LogP contribution in [0.2, 0.25) is 0 Å². The third-order valence-corrected chi connectivity index (χ3v) is 4.28. The maximum atomic E-state index is 12.9. The molecule has 0 aliphatic rings. The number of nitrogens with one attached hydrogen (secondary N) is 1. The Hall–Kier alpha value is -0.740. The molecule has 2 unspecified atom stereocenters. The van der Waals surface area contributed by atoms with Crippen molar-refractivity contribution in [3.8, 4) is 0 Å². The molecule has 1 aromatic rings. The Morgan fingerprint density at radius 3 is 2.76 bits per heavy atom. The van der Waals surface area contributed by atoms with Crippen LogP contribution in [-0.2, 0) is 17.3 Å². The highest BCUT2D eigenvalue weighted by atomic mass is 32.2. The van der Waals surface area contributed by atoms with Crippen molar-refractivity contribution in [2.24, 2.45) is 0 Å². The van der Waals surface area contributed by atoms with Gasteiger partial charge in [0.1, 0.15) is 5.82 Å². The molecular formula is C13H20FNOS. The van der Waals surface area contributed by atoms with Crippen LogP contribution in [0.15, 0.2) is 18.2 Å². The monoisotopic (exact) mass is 257 g/mol. The average molecular weight is 257 g/mol. The largest absolute Gasteiger partial charge is 0.313 e. The van der Waals surface area contributed by atoms with Gasteiger partial charge < -0.3 is 5.32 Å². The summed E-state index contributed by atoms with van der Waals surface area (Å²) in [7, 11) is -0.755. The fourth-order valence-electron chi connectivity index (χ4n) is 1.55. The maximum Gasteiger partial charge on any atom is 0.123 e. The highest BCUT2D eigenvalue weighted by Crippen LogP contribution is 2.09. The van der Waals surface area contributed by atoms with E-state index >= 15 is 0 Å². The molecule has 96 valence electrons. The summed E-state index contributed by atoms with van der Waals surface area (Å²) >= 11 is 0. The Kier molecular flexibility index (Phi) is 5.78. The minimum Gasteiger partial charge on any atom is -0.313 e. The summed E-state index contributed by atoms with van der Waals surface area (Å²) in [5.41, 5.74) is 2.07. The molecule has 2 nitrogen and oxygen atoms in total. The van der Waals surface area contributed by atoms with Crippen LogP contribution >= 0.6 is 0 Å². The second kappa shape index (κ2) is 6.87. The van der Waals surface area contributed by atoms with Gasteiger partial charge in [-0.25, -0.2) is 4.39 Å². The normalized spacial score (nSPS) is 14.6. The van der Waals surface area contributed by atoms with Gasteiger partial charge in [-0.05, 0) is 43.1 Å².